The van der Waals surface area contributed by atoms with Crippen molar-refractivity contribution in [2.45, 2.75) is 0 Å². The van der Waals surface area contributed by atoms with Crippen molar-refractivity contribution >= 4 is 11.7 Å². The molecule has 0 aliphatic rings. The van der Waals surface area contributed by atoms with E-state index in [2.05, 4.69) is 25.7 Å². The lowest BCUT2D eigenvalue weighted by molar-refractivity contribution is 0.0943. The first-order valence-electron chi connectivity index (χ1n) is 8.36. The van der Waals surface area contributed by atoms with E-state index in [9.17, 15) is 4.79 Å². The lowest BCUT2D eigenvalue weighted by atomic mass is 10.1. The van der Waals surface area contributed by atoms with Crippen molar-refractivity contribution in [3.05, 3.63) is 60.6 Å². The van der Waals surface area contributed by atoms with Gasteiger partial charge < -0.3 is 10.1 Å². The molecule has 0 fully saturated rings. The van der Waals surface area contributed by atoms with Gasteiger partial charge in [-0.1, -0.05) is 30.3 Å². The van der Waals surface area contributed by atoms with Crippen molar-refractivity contribution in [1.29, 1.82) is 0 Å². The predicted molar refractivity (Wildman–Crippen MR) is 103 cm³/mol. The number of nitrogens with one attached hydrogen (secondary N) is 2. The molecule has 0 atom stereocenters. The molecule has 0 unspecified atom stereocenters. The number of amides is 1. The zero-order valence-corrected chi connectivity index (χ0v) is 14.8. The Hall–Kier alpha value is -3.36. The minimum Gasteiger partial charge on any atom is -0.383 e. The van der Waals surface area contributed by atoms with Crippen molar-refractivity contribution in [1.82, 2.24) is 20.4 Å². The number of benzene rings is 1. The third kappa shape index (κ3) is 4.63. The van der Waals surface area contributed by atoms with Crippen LogP contribution in [0, 0.1) is 0 Å². The summed E-state index contributed by atoms with van der Waals surface area (Å²) in [6.07, 6.45) is 1.69. The van der Waals surface area contributed by atoms with E-state index in [-0.39, 0.29) is 5.82 Å². The summed E-state index contributed by atoms with van der Waals surface area (Å²) in [4.78, 5) is 25.0. The molecular weight excluding hydrogens is 344 g/mol. The maximum atomic E-state index is 12.0. The number of rotatable bonds is 7. The molecule has 0 saturated carbocycles. The fourth-order valence-electron chi connectivity index (χ4n) is 2.45. The lowest BCUT2D eigenvalue weighted by Gasteiger charge is -2.09. The van der Waals surface area contributed by atoms with E-state index < -0.39 is 5.91 Å². The highest BCUT2D eigenvalue weighted by Crippen LogP contribution is 2.24. The van der Waals surface area contributed by atoms with Crippen LogP contribution in [0.2, 0.25) is 0 Å². The van der Waals surface area contributed by atoms with Crippen molar-refractivity contribution in [3.8, 4) is 22.5 Å². The molecule has 1 aromatic carbocycles. The van der Waals surface area contributed by atoms with Crippen molar-refractivity contribution in [2.75, 3.05) is 25.6 Å². The lowest BCUT2D eigenvalue weighted by Crippen LogP contribution is -2.31. The van der Waals surface area contributed by atoms with Gasteiger partial charge in [-0.25, -0.2) is 20.8 Å². The normalized spacial score (nSPS) is 10.4. The molecule has 2 heterocycles. The van der Waals surface area contributed by atoms with Crippen molar-refractivity contribution < 1.29 is 9.53 Å². The van der Waals surface area contributed by atoms with Gasteiger partial charge in [0.05, 0.1) is 18.0 Å². The monoisotopic (exact) mass is 364 g/mol. The fourth-order valence-corrected chi connectivity index (χ4v) is 2.45. The molecule has 8 heteroatoms. The van der Waals surface area contributed by atoms with Crippen molar-refractivity contribution in [3.63, 3.8) is 0 Å². The number of hydrazine groups is 1. The molecule has 138 valence electrons. The van der Waals surface area contributed by atoms with Gasteiger partial charge in [-0.3, -0.25) is 10.2 Å². The van der Waals surface area contributed by atoms with Crippen LogP contribution in [-0.4, -0.2) is 41.1 Å². The zero-order valence-electron chi connectivity index (χ0n) is 14.8. The molecule has 27 heavy (non-hydrogen) atoms. The molecule has 4 N–H and O–H groups in total. The van der Waals surface area contributed by atoms with E-state index >= 15 is 0 Å². The quantitative estimate of drug-likeness (QED) is 0.254. The van der Waals surface area contributed by atoms with Gasteiger partial charge in [0.25, 0.3) is 0 Å². The van der Waals surface area contributed by atoms with Crippen LogP contribution in [-0.2, 0) is 4.74 Å². The van der Waals surface area contributed by atoms with Crippen LogP contribution in [0.3, 0.4) is 0 Å². The van der Waals surface area contributed by atoms with E-state index in [1.165, 1.54) is 0 Å². The maximum absolute atomic E-state index is 12.0. The number of hydrogen-bond donors (Lipinski definition) is 3. The first kappa shape index (κ1) is 18.4. The second kappa shape index (κ2) is 8.84. The highest BCUT2D eigenvalue weighted by atomic mass is 16.5. The van der Waals surface area contributed by atoms with Crippen LogP contribution in [0.5, 0.6) is 0 Å². The Kier molecular flexibility index (Phi) is 6.03. The average Bonchev–Trinajstić information content (AvgIpc) is 2.74. The van der Waals surface area contributed by atoms with Gasteiger partial charge in [-0.15, -0.1) is 0 Å². The van der Waals surface area contributed by atoms with Crippen LogP contribution in [0.1, 0.15) is 10.6 Å². The van der Waals surface area contributed by atoms with Gasteiger partial charge in [-0.2, -0.15) is 0 Å². The average molecular weight is 364 g/mol. The first-order valence-corrected chi connectivity index (χ1v) is 8.36. The third-order valence-corrected chi connectivity index (χ3v) is 3.80. The maximum Gasteiger partial charge on any atom is 0.302 e. The summed E-state index contributed by atoms with van der Waals surface area (Å²) >= 11 is 0. The number of ether oxygens (including phenoxy) is 1. The Morgan fingerprint density at radius 2 is 1.81 bits per heavy atom. The number of hydrogen-bond acceptors (Lipinski definition) is 7. The Morgan fingerprint density at radius 1 is 1.07 bits per heavy atom. The molecule has 3 rings (SSSR count). The second-order valence-electron chi connectivity index (χ2n) is 5.65. The van der Waals surface area contributed by atoms with E-state index in [0.717, 1.165) is 16.9 Å². The van der Waals surface area contributed by atoms with Gasteiger partial charge in [0.1, 0.15) is 5.82 Å². The molecule has 2 aromatic heterocycles. The van der Waals surface area contributed by atoms with Crippen LogP contribution in [0.25, 0.3) is 22.5 Å². The van der Waals surface area contributed by atoms with E-state index in [1.54, 1.807) is 13.3 Å². The number of nitrogens with zero attached hydrogens (tertiary/aromatic N) is 3. The van der Waals surface area contributed by atoms with Gasteiger partial charge in [0, 0.05) is 31.0 Å². The van der Waals surface area contributed by atoms with Crippen LogP contribution in [0.4, 0.5) is 5.82 Å². The van der Waals surface area contributed by atoms with Crippen LogP contribution >= 0.6 is 0 Å². The van der Waals surface area contributed by atoms with E-state index in [4.69, 9.17) is 10.6 Å². The minimum absolute atomic E-state index is 0.00357. The molecular formula is C19H20N6O2. The highest BCUT2D eigenvalue weighted by Gasteiger charge is 2.14. The summed E-state index contributed by atoms with van der Waals surface area (Å²) in [6, 6.07) is 15.1. The largest absolute Gasteiger partial charge is 0.383 e. The molecule has 0 radical (unpaired) electrons. The Bertz CT molecular complexity index is 900. The molecule has 8 nitrogen and oxygen atoms in total. The number of carbonyl (C=O) groups excluding carboxylic acids is 1. The molecule has 1 amide bonds. The summed E-state index contributed by atoms with van der Waals surface area (Å²) in [6.45, 7) is 1.25. The SMILES string of the molecule is COCCNc1ccc(-c2cc(-c3ccccc3)nc(C(=O)NN)n2)cn1. The Labute approximate surface area is 156 Å². The molecule has 0 spiro atoms. The molecule has 3 aromatic rings. The molecule has 0 aliphatic carbocycles. The number of carbonyl (C=O) groups is 1. The minimum atomic E-state index is -0.556. The predicted octanol–water partition coefficient (Wildman–Crippen LogP) is 1.87. The Morgan fingerprint density at radius 3 is 2.44 bits per heavy atom. The summed E-state index contributed by atoms with van der Waals surface area (Å²) in [5.74, 6) is 5.42. The third-order valence-electron chi connectivity index (χ3n) is 3.80. The van der Waals surface area contributed by atoms with Crippen molar-refractivity contribution in [2.24, 2.45) is 5.84 Å². The number of aromatic nitrogens is 3. The molecule has 0 aliphatic heterocycles. The number of nitrogen functional groups attached to an aromatic ring is 1. The topological polar surface area (TPSA) is 115 Å². The summed E-state index contributed by atoms with van der Waals surface area (Å²) in [5.41, 5.74) is 4.92. The standard InChI is InChI=1S/C19H20N6O2/c1-27-10-9-21-17-8-7-14(12-22-17)16-11-15(13-5-3-2-4-6-13)23-18(24-16)19(26)25-20/h2-8,11-12H,9-10,20H2,1H3,(H,21,22)(H,25,26). The summed E-state index contributed by atoms with van der Waals surface area (Å²) in [5, 5.41) is 3.15. The number of pyridine rings is 1. The molecule has 0 saturated heterocycles. The second-order valence-corrected chi connectivity index (χ2v) is 5.65. The Balaban J connectivity index is 1.95. The number of methoxy groups -OCH3 is 1. The summed E-state index contributed by atoms with van der Waals surface area (Å²) in [7, 11) is 1.65. The molecule has 0 bridgehead atoms. The van der Waals surface area contributed by atoms with E-state index in [1.807, 2.05) is 48.5 Å². The summed E-state index contributed by atoms with van der Waals surface area (Å²) < 4.78 is 5.00. The van der Waals surface area contributed by atoms with Gasteiger partial charge in [0.2, 0.25) is 5.82 Å². The first-order chi connectivity index (χ1) is 13.2. The number of anilines is 1. The van der Waals surface area contributed by atoms with Crippen LogP contribution < -0.4 is 16.6 Å². The van der Waals surface area contributed by atoms with E-state index in [0.29, 0.717) is 24.5 Å². The smallest absolute Gasteiger partial charge is 0.302 e. The van der Waals surface area contributed by atoms with Crippen LogP contribution in [0.15, 0.2) is 54.7 Å². The zero-order chi connectivity index (χ0) is 19.1. The highest BCUT2D eigenvalue weighted by molar-refractivity contribution is 5.91. The van der Waals surface area contributed by atoms with Gasteiger partial charge in [-0.05, 0) is 18.2 Å². The van der Waals surface area contributed by atoms with Gasteiger partial charge >= 0.3 is 5.91 Å². The fraction of sp³-hybridized carbons (Fsp3) is 0.158. The van der Waals surface area contributed by atoms with Gasteiger partial charge in [0.15, 0.2) is 0 Å². The number of nitrogens with two attached hydrogens (primary N) is 1.